The number of aromatic amines is 1. The molecule has 2 rings (SSSR count). The van der Waals surface area contributed by atoms with E-state index in [0.717, 1.165) is 0 Å². The van der Waals surface area contributed by atoms with Gasteiger partial charge in [-0.2, -0.15) is 0 Å². The lowest BCUT2D eigenvalue weighted by Crippen LogP contribution is -1.98. The van der Waals surface area contributed by atoms with E-state index in [4.69, 9.17) is 5.11 Å². The number of imidazole rings is 1. The number of carboxylic acid groups (broad SMARTS) is 1. The summed E-state index contributed by atoms with van der Waals surface area (Å²) in [4.78, 5) is 16.8. The summed E-state index contributed by atoms with van der Waals surface area (Å²) in [5, 5.41) is 8.63. The lowest BCUT2D eigenvalue weighted by molar-refractivity contribution is 0.0685. The number of hydrogen-bond acceptors (Lipinski definition) is 2. The van der Waals surface area contributed by atoms with E-state index in [1.165, 1.54) is 18.3 Å². The third-order valence-corrected chi connectivity index (χ3v) is 1.91. The summed E-state index contributed by atoms with van der Waals surface area (Å²) >= 11 is 0. The van der Waals surface area contributed by atoms with Gasteiger partial charge in [-0.15, -0.1) is 0 Å². The first kappa shape index (κ1) is 9.39. The summed E-state index contributed by atoms with van der Waals surface area (Å²) in [6, 6.07) is 5.84. The molecule has 0 saturated heterocycles. The molecule has 0 spiro atoms. The molecule has 0 fully saturated rings. The molecule has 0 aliphatic heterocycles. The topological polar surface area (TPSA) is 66.0 Å². The molecule has 0 saturated carbocycles. The van der Waals surface area contributed by atoms with E-state index in [0.29, 0.717) is 11.3 Å². The van der Waals surface area contributed by atoms with Crippen LogP contribution in [0.4, 0.5) is 4.39 Å². The summed E-state index contributed by atoms with van der Waals surface area (Å²) in [5.74, 6) is -1.68. The van der Waals surface area contributed by atoms with E-state index in [-0.39, 0.29) is 11.6 Å². The van der Waals surface area contributed by atoms with Crippen molar-refractivity contribution < 1.29 is 14.3 Å². The van der Waals surface area contributed by atoms with E-state index in [2.05, 4.69) is 9.97 Å². The van der Waals surface area contributed by atoms with Crippen molar-refractivity contribution >= 4 is 5.97 Å². The van der Waals surface area contributed by atoms with Gasteiger partial charge >= 0.3 is 5.97 Å². The molecular weight excluding hydrogens is 199 g/mol. The fraction of sp³-hybridized carbons (Fsp3) is 0. The molecule has 0 amide bonds. The zero-order chi connectivity index (χ0) is 10.8. The summed E-state index contributed by atoms with van der Waals surface area (Å²) in [6.45, 7) is 0. The Hall–Kier alpha value is -2.17. The van der Waals surface area contributed by atoms with Gasteiger partial charge in [-0.3, -0.25) is 0 Å². The smallest absolute Gasteiger partial charge is 0.371 e. The van der Waals surface area contributed by atoms with Crippen LogP contribution in [0.15, 0.2) is 30.5 Å². The van der Waals surface area contributed by atoms with E-state index in [1.807, 2.05) is 0 Å². The van der Waals surface area contributed by atoms with Gasteiger partial charge < -0.3 is 10.1 Å². The monoisotopic (exact) mass is 206 g/mol. The van der Waals surface area contributed by atoms with E-state index in [1.54, 1.807) is 12.1 Å². The summed E-state index contributed by atoms with van der Waals surface area (Å²) in [7, 11) is 0. The van der Waals surface area contributed by atoms with E-state index < -0.39 is 5.97 Å². The largest absolute Gasteiger partial charge is 0.475 e. The molecule has 0 bridgehead atoms. The number of benzene rings is 1. The zero-order valence-corrected chi connectivity index (χ0v) is 7.57. The molecule has 0 aliphatic carbocycles. The van der Waals surface area contributed by atoms with Gasteiger partial charge in [-0.05, 0) is 12.1 Å². The van der Waals surface area contributed by atoms with Crippen LogP contribution in [-0.4, -0.2) is 21.0 Å². The Kier molecular flexibility index (Phi) is 2.21. The number of hydrogen-bond donors (Lipinski definition) is 2. The predicted octanol–water partition coefficient (Wildman–Crippen LogP) is 1.91. The highest BCUT2D eigenvalue weighted by Gasteiger charge is 2.08. The summed E-state index contributed by atoms with van der Waals surface area (Å²) in [6.07, 6.45) is 1.36. The predicted molar refractivity (Wildman–Crippen MR) is 50.9 cm³/mol. The van der Waals surface area contributed by atoms with Crippen molar-refractivity contribution in [3.63, 3.8) is 0 Å². The molecule has 2 N–H and O–H groups in total. The Labute approximate surface area is 84.4 Å². The Morgan fingerprint density at radius 2 is 2.27 bits per heavy atom. The van der Waals surface area contributed by atoms with Crippen molar-refractivity contribution in [2.24, 2.45) is 0 Å². The van der Waals surface area contributed by atoms with Crippen LogP contribution in [0.3, 0.4) is 0 Å². The molecule has 0 aliphatic rings. The van der Waals surface area contributed by atoms with Gasteiger partial charge in [0.2, 0.25) is 5.82 Å². The van der Waals surface area contributed by atoms with Crippen molar-refractivity contribution in [2.75, 3.05) is 0 Å². The van der Waals surface area contributed by atoms with E-state index >= 15 is 0 Å². The lowest BCUT2D eigenvalue weighted by atomic mass is 10.2. The first-order valence-electron chi connectivity index (χ1n) is 4.21. The van der Waals surface area contributed by atoms with Crippen molar-refractivity contribution in [3.05, 3.63) is 42.1 Å². The fourth-order valence-corrected chi connectivity index (χ4v) is 1.23. The van der Waals surface area contributed by atoms with Gasteiger partial charge in [0.25, 0.3) is 0 Å². The normalized spacial score (nSPS) is 10.2. The van der Waals surface area contributed by atoms with Crippen LogP contribution in [-0.2, 0) is 0 Å². The summed E-state index contributed by atoms with van der Waals surface area (Å²) < 4.78 is 12.9. The first-order valence-corrected chi connectivity index (χ1v) is 4.21. The molecule has 4 nitrogen and oxygen atoms in total. The second-order valence-corrected chi connectivity index (χ2v) is 2.96. The molecular formula is C10H7FN2O2. The minimum absolute atomic E-state index is 0.158. The highest BCUT2D eigenvalue weighted by Crippen LogP contribution is 2.17. The zero-order valence-electron chi connectivity index (χ0n) is 7.57. The Balaban J connectivity index is 2.41. The van der Waals surface area contributed by atoms with Crippen molar-refractivity contribution in [3.8, 4) is 11.3 Å². The summed E-state index contributed by atoms with van der Waals surface area (Å²) in [5.41, 5.74) is 1.04. The number of carboxylic acids is 1. The maximum Gasteiger partial charge on any atom is 0.371 e. The number of rotatable bonds is 2. The van der Waals surface area contributed by atoms with Crippen molar-refractivity contribution in [1.29, 1.82) is 0 Å². The minimum Gasteiger partial charge on any atom is -0.475 e. The molecule has 0 unspecified atom stereocenters. The van der Waals surface area contributed by atoms with Gasteiger partial charge in [0, 0.05) is 5.56 Å². The highest BCUT2D eigenvalue weighted by atomic mass is 19.1. The molecule has 1 aromatic heterocycles. The van der Waals surface area contributed by atoms with Crippen LogP contribution in [0.5, 0.6) is 0 Å². The third-order valence-electron chi connectivity index (χ3n) is 1.91. The molecule has 0 atom stereocenters. The van der Waals surface area contributed by atoms with Crippen molar-refractivity contribution in [1.82, 2.24) is 9.97 Å². The number of aromatic nitrogens is 2. The molecule has 76 valence electrons. The molecule has 5 heteroatoms. The minimum atomic E-state index is -1.14. The van der Waals surface area contributed by atoms with Gasteiger partial charge in [-0.25, -0.2) is 14.2 Å². The SMILES string of the molecule is O=C(O)c1ncc(-c2cccc(F)c2)[nH]1. The van der Waals surface area contributed by atoms with Gasteiger partial charge in [-0.1, -0.05) is 12.1 Å². The first-order chi connectivity index (χ1) is 7.16. The molecule has 1 heterocycles. The second-order valence-electron chi connectivity index (χ2n) is 2.96. The van der Waals surface area contributed by atoms with Crippen LogP contribution in [0.25, 0.3) is 11.3 Å². The van der Waals surface area contributed by atoms with Crippen LogP contribution < -0.4 is 0 Å². The number of nitrogens with zero attached hydrogens (tertiary/aromatic N) is 1. The average molecular weight is 206 g/mol. The number of carbonyl (C=O) groups is 1. The Morgan fingerprint density at radius 3 is 2.87 bits per heavy atom. The maximum atomic E-state index is 12.9. The standard InChI is InChI=1S/C10H7FN2O2/c11-7-3-1-2-6(4-7)8-5-12-9(13-8)10(14)15/h1-5H,(H,12,13)(H,14,15). The second kappa shape index (κ2) is 3.53. The maximum absolute atomic E-state index is 12.9. The third kappa shape index (κ3) is 1.85. The molecule has 2 aromatic rings. The van der Waals surface area contributed by atoms with Crippen LogP contribution in [0.2, 0.25) is 0 Å². The van der Waals surface area contributed by atoms with Crippen molar-refractivity contribution in [2.45, 2.75) is 0 Å². The molecule has 1 aromatic carbocycles. The number of nitrogens with one attached hydrogen (secondary N) is 1. The fourth-order valence-electron chi connectivity index (χ4n) is 1.23. The van der Waals surface area contributed by atoms with Gasteiger partial charge in [0.05, 0.1) is 11.9 Å². The number of aromatic carboxylic acids is 1. The van der Waals surface area contributed by atoms with E-state index in [9.17, 15) is 9.18 Å². The highest BCUT2D eigenvalue weighted by molar-refractivity contribution is 5.84. The van der Waals surface area contributed by atoms with Gasteiger partial charge in [0.15, 0.2) is 0 Å². The van der Waals surface area contributed by atoms with Crippen LogP contribution >= 0.6 is 0 Å². The van der Waals surface area contributed by atoms with Gasteiger partial charge in [0.1, 0.15) is 5.82 Å². The Morgan fingerprint density at radius 1 is 1.47 bits per heavy atom. The molecule has 0 radical (unpaired) electrons. The quantitative estimate of drug-likeness (QED) is 0.788. The number of halogens is 1. The van der Waals surface area contributed by atoms with Crippen LogP contribution in [0.1, 0.15) is 10.6 Å². The Bertz CT molecular complexity index is 508. The van der Waals surface area contributed by atoms with Crippen LogP contribution in [0, 0.1) is 5.82 Å². The number of H-pyrrole nitrogens is 1. The average Bonchev–Trinajstić information content (AvgIpc) is 2.66. The molecule has 15 heavy (non-hydrogen) atoms. The lowest BCUT2D eigenvalue weighted by Gasteiger charge is -1.96.